The second-order valence-electron chi connectivity index (χ2n) is 24.6. The summed E-state index contributed by atoms with van der Waals surface area (Å²) in [5.74, 6) is 7.93. The fourth-order valence-corrected chi connectivity index (χ4v) is 15.2. The van der Waals surface area contributed by atoms with Gasteiger partial charge in [-0.3, -0.25) is 0 Å². The van der Waals surface area contributed by atoms with Crippen molar-refractivity contribution in [3.8, 4) is 73.2 Å². The van der Waals surface area contributed by atoms with E-state index in [1.807, 2.05) is 12.1 Å². The molecule has 0 radical (unpaired) electrons. The zero-order valence-corrected chi connectivity index (χ0v) is 53.6. The molecule has 0 bridgehead atoms. The number of fused-ring (bicyclic) bond motifs is 9. The van der Waals surface area contributed by atoms with Crippen LogP contribution in [0.2, 0.25) is 0 Å². The molecule has 7 aromatic rings. The molecule has 0 aromatic heterocycles. The smallest absolute Gasteiger partial charge is 0.119 e. The zero-order valence-electron chi connectivity index (χ0n) is 51.5. The second kappa shape index (κ2) is 28.2. The fourth-order valence-electron chi connectivity index (χ4n) is 14.7. The molecule has 0 heterocycles. The summed E-state index contributed by atoms with van der Waals surface area (Å²) in [6.45, 7) is 19.4. The molecule has 0 amide bonds. The number of hydrogen-bond donors (Lipinski definition) is 0. The van der Waals surface area contributed by atoms with E-state index in [4.69, 9.17) is 14.2 Å². The van der Waals surface area contributed by atoms with Crippen LogP contribution in [0.4, 0.5) is 0 Å². The van der Waals surface area contributed by atoms with Gasteiger partial charge in [-0.1, -0.05) is 204 Å². The van der Waals surface area contributed by atoms with Crippen LogP contribution in [0.3, 0.4) is 0 Å². The highest BCUT2D eigenvalue weighted by Crippen LogP contribution is 2.59. The summed E-state index contributed by atoms with van der Waals surface area (Å²) in [5.41, 5.74) is 25.2. The molecule has 0 spiro atoms. The van der Waals surface area contributed by atoms with Gasteiger partial charge in [0.1, 0.15) is 12.4 Å². The standard InChI is InChI=1S/C79H93IO3/c1-8-15-40-77(41-16-9-2)71-51-58(23-22-57-24-32-64(33-25-57)83-50-49-82-48-47-81-46-21-14-7)26-34-65(71)66-35-27-59(52-72(66)77)60-28-36-67-68-37-29-61(54-74(68)78(42-17-10-3,43-18-11-4)73(67)53-60)62-30-38-69-70-39-31-63(80)56-76(70)79(44-19-12-5,45-20-13-6)75(69)55-62/h24-39,51-56H,8-21,40-50H2,1-7H3. The first-order chi connectivity index (χ1) is 40.7. The third-order valence-electron chi connectivity index (χ3n) is 19.2. The molecule has 0 aliphatic heterocycles. The van der Waals surface area contributed by atoms with Crippen molar-refractivity contribution in [1.82, 2.24) is 0 Å². The van der Waals surface area contributed by atoms with Crippen LogP contribution in [0.25, 0.3) is 55.6 Å². The van der Waals surface area contributed by atoms with Gasteiger partial charge in [0.2, 0.25) is 0 Å². The lowest BCUT2D eigenvalue weighted by Crippen LogP contribution is -2.26. The lowest BCUT2D eigenvalue weighted by Gasteiger charge is -2.34. The normalized spacial score (nSPS) is 14.3. The molecule has 10 rings (SSSR count). The molecule has 0 N–H and O–H groups in total. The van der Waals surface area contributed by atoms with Crippen LogP contribution in [-0.4, -0.2) is 33.0 Å². The van der Waals surface area contributed by atoms with Crippen LogP contribution in [0.15, 0.2) is 133 Å². The maximum Gasteiger partial charge on any atom is 0.119 e. The van der Waals surface area contributed by atoms with E-state index in [0.29, 0.717) is 26.4 Å². The van der Waals surface area contributed by atoms with E-state index in [1.165, 1.54) is 173 Å². The van der Waals surface area contributed by atoms with Gasteiger partial charge in [0.15, 0.2) is 0 Å². The van der Waals surface area contributed by atoms with Gasteiger partial charge in [0.05, 0.1) is 19.8 Å². The number of benzene rings is 7. The van der Waals surface area contributed by atoms with Crippen LogP contribution in [-0.2, 0) is 25.7 Å². The van der Waals surface area contributed by atoms with E-state index >= 15 is 0 Å². The maximum atomic E-state index is 5.99. The number of unbranched alkanes of at least 4 members (excludes halogenated alkanes) is 7. The first-order valence-electron chi connectivity index (χ1n) is 32.7. The molecule has 3 nitrogen and oxygen atoms in total. The van der Waals surface area contributed by atoms with Crippen LogP contribution < -0.4 is 4.74 Å². The average Bonchev–Trinajstić information content (AvgIpc) is 3.56. The molecule has 0 atom stereocenters. The number of rotatable bonds is 30. The van der Waals surface area contributed by atoms with Crippen molar-refractivity contribution in [2.24, 2.45) is 0 Å². The Morgan fingerprint density at radius 2 is 0.627 bits per heavy atom. The quantitative estimate of drug-likeness (QED) is 0.0255. The topological polar surface area (TPSA) is 27.7 Å². The largest absolute Gasteiger partial charge is 0.491 e. The lowest BCUT2D eigenvalue weighted by molar-refractivity contribution is 0.0356. The Balaban J connectivity index is 0.971. The lowest BCUT2D eigenvalue weighted by atomic mass is 9.69. The molecule has 7 aromatic carbocycles. The van der Waals surface area contributed by atoms with Crippen molar-refractivity contribution >= 4 is 22.6 Å². The van der Waals surface area contributed by atoms with Crippen LogP contribution in [0.5, 0.6) is 5.75 Å². The minimum Gasteiger partial charge on any atom is -0.491 e. The Hall–Kier alpha value is -5.45. The fraction of sp³-hybridized carbons (Fsp3) is 0.443. The van der Waals surface area contributed by atoms with Gasteiger partial charge in [0, 0.05) is 37.5 Å². The average molecular weight is 1220 g/mol. The van der Waals surface area contributed by atoms with Gasteiger partial charge in [0.25, 0.3) is 0 Å². The highest BCUT2D eigenvalue weighted by Gasteiger charge is 2.46. The third-order valence-corrected chi connectivity index (χ3v) is 19.8. The van der Waals surface area contributed by atoms with E-state index < -0.39 is 0 Å². The SMILES string of the molecule is CCCCOCCOCCOc1ccc(C#Cc2ccc3c(c2)C(CCCC)(CCCC)c2cc(-c4ccc5c(c4)C(CCCC)(CCCC)c4cc(-c6ccc7c(c6)C(CCCC)(CCCC)c6cc(I)ccc6-7)ccc4-5)ccc2-3)cc1. The number of ether oxygens (including phenoxy) is 3. The molecular weight excluding hydrogens is 1120 g/mol. The van der Waals surface area contributed by atoms with Gasteiger partial charge in [-0.15, -0.1) is 0 Å². The Kier molecular flexibility index (Phi) is 20.6. The highest BCUT2D eigenvalue weighted by atomic mass is 127. The Morgan fingerprint density at radius 1 is 0.313 bits per heavy atom. The molecule has 3 aliphatic rings. The van der Waals surface area contributed by atoms with Gasteiger partial charge in [-0.25, -0.2) is 0 Å². The minimum atomic E-state index is -0.0742. The van der Waals surface area contributed by atoms with Crippen molar-refractivity contribution < 1.29 is 14.2 Å². The molecule has 83 heavy (non-hydrogen) atoms. The molecule has 4 heteroatoms. The van der Waals surface area contributed by atoms with Gasteiger partial charge in [-0.05, 0) is 229 Å². The van der Waals surface area contributed by atoms with Crippen molar-refractivity contribution in [2.75, 3.05) is 33.0 Å². The number of hydrogen-bond acceptors (Lipinski definition) is 3. The van der Waals surface area contributed by atoms with E-state index in [-0.39, 0.29) is 16.2 Å². The van der Waals surface area contributed by atoms with Crippen LogP contribution in [0, 0.1) is 15.4 Å². The van der Waals surface area contributed by atoms with Gasteiger partial charge in [-0.2, -0.15) is 0 Å². The molecule has 0 unspecified atom stereocenters. The summed E-state index contributed by atoms with van der Waals surface area (Å²) in [6, 6.07) is 52.8. The van der Waals surface area contributed by atoms with Crippen LogP contribution in [0.1, 0.15) is 221 Å². The molecule has 434 valence electrons. The summed E-state index contributed by atoms with van der Waals surface area (Å²) in [5, 5.41) is 0. The predicted molar refractivity (Wildman–Crippen MR) is 360 cm³/mol. The molecular formula is C79H93IO3. The van der Waals surface area contributed by atoms with Gasteiger partial charge < -0.3 is 14.2 Å². The first-order valence-corrected chi connectivity index (χ1v) is 33.7. The third kappa shape index (κ3) is 12.5. The first kappa shape index (κ1) is 60.7. The summed E-state index contributed by atoms with van der Waals surface area (Å²) >= 11 is 2.54. The van der Waals surface area contributed by atoms with E-state index in [2.05, 4.69) is 204 Å². The summed E-state index contributed by atoms with van der Waals surface area (Å²) in [7, 11) is 0. The Bertz CT molecular complexity index is 3360. The summed E-state index contributed by atoms with van der Waals surface area (Å²) in [6.07, 6.45) is 23.7. The zero-order chi connectivity index (χ0) is 57.8. The summed E-state index contributed by atoms with van der Waals surface area (Å²) < 4.78 is 18.6. The second-order valence-corrected chi connectivity index (χ2v) is 25.8. The predicted octanol–water partition coefficient (Wildman–Crippen LogP) is 22.2. The van der Waals surface area contributed by atoms with E-state index in [0.717, 1.165) is 49.2 Å². The van der Waals surface area contributed by atoms with Crippen molar-refractivity contribution in [2.45, 2.75) is 193 Å². The van der Waals surface area contributed by atoms with E-state index in [1.54, 1.807) is 22.3 Å². The molecule has 0 saturated heterocycles. The number of halogens is 1. The monoisotopic (exact) mass is 1220 g/mol. The summed E-state index contributed by atoms with van der Waals surface area (Å²) in [4.78, 5) is 0. The van der Waals surface area contributed by atoms with Crippen molar-refractivity contribution in [3.05, 3.63) is 182 Å². The maximum absolute atomic E-state index is 5.99. The highest BCUT2D eigenvalue weighted by molar-refractivity contribution is 14.1. The molecule has 0 saturated carbocycles. The van der Waals surface area contributed by atoms with Crippen molar-refractivity contribution in [3.63, 3.8) is 0 Å². The van der Waals surface area contributed by atoms with Gasteiger partial charge >= 0.3 is 0 Å². The minimum absolute atomic E-state index is 0.0524. The van der Waals surface area contributed by atoms with E-state index in [9.17, 15) is 0 Å². The van der Waals surface area contributed by atoms with Crippen LogP contribution >= 0.6 is 22.6 Å². The van der Waals surface area contributed by atoms with Crippen molar-refractivity contribution in [1.29, 1.82) is 0 Å². The Morgan fingerprint density at radius 3 is 1.02 bits per heavy atom. The molecule has 3 aliphatic carbocycles. The Labute approximate surface area is 514 Å². The molecule has 0 fully saturated rings.